The highest BCUT2D eigenvalue weighted by Gasteiger charge is 2.10. The minimum absolute atomic E-state index is 0.180. The van der Waals surface area contributed by atoms with Gasteiger partial charge in [-0.2, -0.15) is 0 Å². The Morgan fingerprint density at radius 1 is 1.04 bits per heavy atom. The van der Waals surface area contributed by atoms with Crippen LogP contribution in [0.15, 0.2) is 60.9 Å². The van der Waals surface area contributed by atoms with E-state index in [0.29, 0.717) is 29.3 Å². The molecule has 0 aliphatic heterocycles. The Labute approximate surface area is 164 Å². The first-order chi connectivity index (χ1) is 13.6. The molecule has 0 saturated carbocycles. The van der Waals surface area contributed by atoms with Gasteiger partial charge in [-0.25, -0.2) is 0 Å². The number of nitrogens with zero attached hydrogens (tertiary/aromatic N) is 1. The molecule has 3 aromatic rings. The lowest BCUT2D eigenvalue weighted by atomic mass is 10.1. The molecule has 1 heterocycles. The topological polar surface area (TPSA) is 72.5 Å². The molecule has 1 aromatic heterocycles. The van der Waals surface area contributed by atoms with Crippen molar-refractivity contribution in [2.75, 3.05) is 19.5 Å². The Balaban J connectivity index is 1.72. The molecule has 2 N–H and O–H groups in total. The van der Waals surface area contributed by atoms with Gasteiger partial charge in [0, 0.05) is 18.8 Å². The van der Waals surface area contributed by atoms with Crippen LogP contribution >= 0.6 is 0 Å². The van der Waals surface area contributed by atoms with E-state index in [1.807, 2.05) is 43.3 Å². The largest absolute Gasteiger partial charge is 0.497 e. The van der Waals surface area contributed by atoms with Crippen LogP contribution in [0.25, 0.3) is 0 Å². The molecule has 0 radical (unpaired) electrons. The van der Waals surface area contributed by atoms with Gasteiger partial charge >= 0.3 is 0 Å². The maximum absolute atomic E-state index is 12.5. The van der Waals surface area contributed by atoms with Crippen molar-refractivity contribution in [3.05, 3.63) is 77.6 Å². The van der Waals surface area contributed by atoms with Gasteiger partial charge in [-0.3, -0.25) is 9.78 Å². The number of ether oxygens (including phenoxy) is 2. The minimum atomic E-state index is -0.180. The number of aryl methyl sites for hydroxylation is 1. The summed E-state index contributed by atoms with van der Waals surface area (Å²) in [4.78, 5) is 16.7. The molecule has 0 fully saturated rings. The van der Waals surface area contributed by atoms with Crippen LogP contribution in [-0.2, 0) is 6.54 Å². The number of methoxy groups -OCH3 is 2. The van der Waals surface area contributed by atoms with E-state index in [2.05, 4.69) is 15.6 Å². The van der Waals surface area contributed by atoms with Crippen molar-refractivity contribution in [1.29, 1.82) is 0 Å². The molecule has 2 aromatic carbocycles. The van der Waals surface area contributed by atoms with E-state index in [9.17, 15) is 4.79 Å². The molecule has 0 unspecified atom stereocenters. The molecule has 1 amide bonds. The van der Waals surface area contributed by atoms with Gasteiger partial charge in [0.2, 0.25) is 0 Å². The number of amides is 1. The van der Waals surface area contributed by atoms with E-state index in [4.69, 9.17) is 9.47 Å². The highest BCUT2D eigenvalue weighted by Crippen LogP contribution is 2.31. The van der Waals surface area contributed by atoms with Gasteiger partial charge in [-0.15, -0.1) is 0 Å². The van der Waals surface area contributed by atoms with Crippen LogP contribution in [0.3, 0.4) is 0 Å². The highest BCUT2D eigenvalue weighted by molar-refractivity contribution is 5.94. The van der Waals surface area contributed by atoms with Gasteiger partial charge in [0.1, 0.15) is 11.5 Å². The SMILES string of the molecule is COc1ccc(Nc2cncc(C(=O)NCc3ccccc3C)c2)c(OC)c1. The summed E-state index contributed by atoms with van der Waals surface area (Å²) in [5.74, 6) is 1.15. The predicted molar refractivity (Wildman–Crippen MR) is 109 cm³/mol. The zero-order valence-corrected chi connectivity index (χ0v) is 16.2. The second kappa shape index (κ2) is 8.90. The minimum Gasteiger partial charge on any atom is -0.497 e. The van der Waals surface area contributed by atoms with Gasteiger partial charge in [0.05, 0.1) is 37.4 Å². The lowest BCUT2D eigenvalue weighted by molar-refractivity contribution is 0.0950. The molecular weight excluding hydrogens is 354 g/mol. The third-order valence-electron chi connectivity index (χ3n) is 4.39. The van der Waals surface area contributed by atoms with Crippen LogP contribution < -0.4 is 20.1 Å². The molecule has 0 atom stereocenters. The summed E-state index contributed by atoms with van der Waals surface area (Å²) in [6.45, 7) is 2.49. The summed E-state index contributed by atoms with van der Waals surface area (Å²) in [6.07, 6.45) is 3.20. The maximum Gasteiger partial charge on any atom is 0.253 e. The molecule has 6 heteroatoms. The lowest BCUT2D eigenvalue weighted by Gasteiger charge is -2.13. The fraction of sp³-hybridized carbons (Fsp3) is 0.182. The normalized spacial score (nSPS) is 10.2. The molecule has 144 valence electrons. The maximum atomic E-state index is 12.5. The van der Waals surface area contributed by atoms with Crippen LogP contribution in [0.4, 0.5) is 11.4 Å². The number of nitrogens with one attached hydrogen (secondary N) is 2. The van der Waals surface area contributed by atoms with Crippen LogP contribution in [0.1, 0.15) is 21.5 Å². The quantitative estimate of drug-likeness (QED) is 0.649. The summed E-state index contributed by atoms with van der Waals surface area (Å²) in [6, 6.07) is 15.2. The summed E-state index contributed by atoms with van der Waals surface area (Å²) in [5.41, 5.74) is 4.14. The van der Waals surface area contributed by atoms with Crippen molar-refractivity contribution in [2.45, 2.75) is 13.5 Å². The van der Waals surface area contributed by atoms with E-state index in [1.54, 1.807) is 38.7 Å². The monoisotopic (exact) mass is 377 g/mol. The van der Waals surface area contributed by atoms with E-state index in [1.165, 1.54) is 0 Å². The van der Waals surface area contributed by atoms with E-state index < -0.39 is 0 Å². The van der Waals surface area contributed by atoms with Gasteiger partial charge in [-0.05, 0) is 36.2 Å². The molecule has 0 aliphatic rings. The fourth-order valence-corrected chi connectivity index (χ4v) is 2.78. The molecule has 0 spiro atoms. The van der Waals surface area contributed by atoms with Gasteiger partial charge in [0.15, 0.2) is 0 Å². The summed E-state index contributed by atoms with van der Waals surface area (Å²) in [7, 11) is 3.19. The van der Waals surface area contributed by atoms with E-state index >= 15 is 0 Å². The van der Waals surface area contributed by atoms with Crippen molar-refractivity contribution in [2.24, 2.45) is 0 Å². The number of aromatic nitrogens is 1. The average Bonchev–Trinajstić information content (AvgIpc) is 2.73. The Hall–Kier alpha value is -3.54. The second-order valence-electron chi connectivity index (χ2n) is 6.26. The predicted octanol–water partition coefficient (Wildman–Crippen LogP) is 4.08. The first-order valence-corrected chi connectivity index (χ1v) is 8.87. The molecule has 0 aliphatic carbocycles. The first kappa shape index (κ1) is 19.2. The van der Waals surface area contributed by atoms with Crippen LogP contribution in [-0.4, -0.2) is 25.1 Å². The number of hydrogen-bond acceptors (Lipinski definition) is 5. The Kier molecular flexibility index (Phi) is 6.11. The van der Waals surface area contributed by atoms with E-state index in [0.717, 1.165) is 16.8 Å². The smallest absolute Gasteiger partial charge is 0.253 e. The standard InChI is InChI=1S/C22H23N3O3/c1-15-6-4-5-7-16(15)13-24-22(26)17-10-18(14-23-12-17)25-20-9-8-19(27-2)11-21(20)28-3/h4-12,14,25H,13H2,1-3H3,(H,24,26). The van der Waals surface area contributed by atoms with Gasteiger partial charge in [0.25, 0.3) is 5.91 Å². The Bertz CT molecular complexity index is 973. The van der Waals surface area contributed by atoms with Gasteiger partial charge in [-0.1, -0.05) is 24.3 Å². The average molecular weight is 377 g/mol. The van der Waals surface area contributed by atoms with Crippen LogP contribution in [0.5, 0.6) is 11.5 Å². The molecule has 0 saturated heterocycles. The molecule has 6 nitrogen and oxygen atoms in total. The molecule has 3 rings (SSSR count). The number of rotatable bonds is 7. The number of anilines is 2. The Morgan fingerprint density at radius 2 is 1.86 bits per heavy atom. The number of carbonyl (C=O) groups excluding carboxylic acids is 1. The fourth-order valence-electron chi connectivity index (χ4n) is 2.78. The third-order valence-corrected chi connectivity index (χ3v) is 4.39. The van der Waals surface area contributed by atoms with Crippen molar-refractivity contribution < 1.29 is 14.3 Å². The van der Waals surface area contributed by atoms with Crippen LogP contribution in [0.2, 0.25) is 0 Å². The van der Waals surface area contributed by atoms with Crippen molar-refractivity contribution in [1.82, 2.24) is 10.3 Å². The third kappa shape index (κ3) is 4.59. The summed E-state index contributed by atoms with van der Waals surface area (Å²) in [5, 5.41) is 6.17. The summed E-state index contributed by atoms with van der Waals surface area (Å²) >= 11 is 0. The molecule has 0 bridgehead atoms. The highest BCUT2D eigenvalue weighted by atomic mass is 16.5. The van der Waals surface area contributed by atoms with E-state index in [-0.39, 0.29) is 5.91 Å². The molecule has 28 heavy (non-hydrogen) atoms. The number of benzene rings is 2. The van der Waals surface area contributed by atoms with Gasteiger partial charge < -0.3 is 20.1 Å². The first-order valence-electron chi connectivity index (χ1n) is 8.87. The Morgan fingerprint density at radius 3 is 2.61 bits per heavy atom. The van der Waals surface area contributed by atoms with Crippen LogP contribution in [0, 0.1) is 6.92 Å². The number of pyridine rings is 1. The van der Waals surface area contributed by atoms with Crippen molar-refractivity contribution >= 4 is 17.3 Å². The summed E-state index contributed by atoms with van der Waals surface area (Å²) < 4.78 is 10.6. The number of hydrogen-bond donors (Lipinski definition) is 2. The zero-order chi connectivity index (χ0) is 19.9. The molecular formula is C22H23N3O3. The second-order valence-corrected chi connectivity index (χ2v) is 6.26. The van der Waals surface area contributed by atoms with Crippen molar-refractivity contribution in [3.63, 3.8) is 0 Å². The van der Waals surface area contributed by atoms with Crippen molar-refractivity contribution in [3.8, 4) is 11.5 Å². The lowest BCUT2D eigenvalue weighted by Crippen LogP contribution is -2.23. The zero-order valence-electron chi connectivity index (χ0n) is 16.2. The number of carbonyl (C=O) groups is 1.